The molecule has 4 aliphatic rings. The van der Waals surface area contributed by atoms with Gasteiger partial charge >= 0.3 is 6.09 Å². The summed E-state index contributed by atoms with van der Waals surface area (Å²) in [5.41, 5.74) is 0.223. The summed E-state index contributed by atoms with van der Waals surface area (Å²) in [5.74, 6) is -1.78. The van der Waals surface area contributed by atoms with Crippen LogP contribution in [-0.4, -0.2) is 94.8 Å². The van der Waals surface area contributed by atoms with Crippen molar-refractivity contribution in [3.05, 3.63) is 36.0 Å². The molecule has 5 atom stereocenters. The normalized spacial score (nSPS) is 28.0. The van der Waals surface area contributed by atoms with E-state index >= 15 is 0 Å². The Morgan fingerprint density at radius 3 is 2.58 bits per heavy atom. The molecule has 2 aromatic rings. The van der Waals surface area contributed by atoms with Crippen LogP contribution in [0.1, 0.15) is 83.2 Å². The zero-order chi connectivity index (χ0) is 35.8. The molecule has 2 saturated carbocycles. The SMILES string of the molecule is COc1ccc2nc(C(C)C)c(O[C@@H]3C[C@H]4C(=O)N[C@]5(C(=O)NS(=O)(=O)C6CC6)C[C@H]5/C=C\CCCCC[C@H](NC(=O)O)C(=O)N4C3)nc2c1. The molecule has 16 heteroatoms. The maximum absolute atomic E-state index is 14.2. The van der Waals surface area contributed by atoms with Gasteiger partial charge in [-0.25, -0.2) is 23.2 Å². The van der Waals surface area contributed by atoms with Gasteiger partial charge in [0.05, 0.1) is 29.9 Å². The topological polar surface area (TPSA) is 206 Å². The average molecular weight is 713 g/mol. The van der Waals surface area contributed by atoms with E-state index in [2.05, 4.69) is 15.4 Å². The van der Waals surface area contributed by atoms with E-state index in [9.17, 15) is 32.7 Å². The Morgan fingerprint density at radius 2 is 1.88 bits per heavy atom. The number of sulfonamides is 1. The molecular formula is C34H44N6O9S. The molecule has 4 N–H and O–H groups in total. The van der Waals surface area contributed by atoms with Crippen LogP contribution in [0.5, 0.6) is 11.6 Å². The number of carbonyl (C=O) groups is 4. The second-order valence-electron chi connectivity index (χ2n) is 13.9. The number of benzene rings is 1. The number of fused-ring (bicyclic) bond motifs is 3. The van der Waals surface area contributed by atoms with Gasteiger partial charge in [0.1, 0.15) is 35.2 Å². The monoisotopic (exact) mass is 712 g/mol. The summed E-state index contributed by atoms with van der Waals surface area (Å²) in [7, 11) is -2.35. The first-order chi connectivity index (χ1) is 23.8. The predicted molar refractivity (Wildman–Crippen MR) is 181 cm³/mol. The number of allylic oxidation sites excluding steroid dienone is 1. The summed E-state index contributed by atoms with van der Waals surface area (Å²) >= 11 is 0. The van der Waals surface area contributed by atoms with Crippen LogP contribution in [0, 0.1) is 5.92 Å². The largest absolute Gasteiger partial charge is 0.497 e. The molecule has 0 radical (unpaired) electrons. The number of hydrogen-bond acceptors (Lipinski definition) is 10. The lowest BCUT2D eigenvalue weighted by molar-refractivity contribution is -0.141. The number of rotatable bonds is 8. The highest BCUT2D eigenvalue weighted by Gasteiger charge is 2.62. The van der Waals surface area contributed by atoms with Crippen molar-refractivity contribution in [3.63, 3.8) is 0 Å². The van der Waals surface area contributed by atoms with Gasteiger partial charge in [-0.15, -0.1) is 0 Å². The average Bonchev–Trinajstić information content (AvgIpc) is 3.99. The highest BCUT2D eigenvalue weighted by Crippen LogP contribution is 2.46. The molecule has 4 amide bonds. The Bertz CT molecular complexity index is 1810. The van der Waals surface area contributed by atoms with E-state index in [1.807, 2.05) is 26.0 Å². The molecule has 2 aliphatic carbocycles. The molecule has 50 heavy (non-hydrogen) atoms. The molecule has 1 saturated heterocycles. The van der Waals surface area contributed by atoms with Gasteiger partial charge in [0, 0.05) is 24.3 Å². The summed E-state index contributed by atoms with van der Waals surface area (Å²) in [5, 5.41) is 14.1. The standard InChI is InChI=1S/C34H44N6O9S/c1-19(2)28-30(36-26-15-21(48-3)11-14-24(26)35-28)49-22-16-27-29(41)38-34(32(43)39-50(46,47)23-12-13-23)17-20(34)9-7-5-4-6-8-10-25(37-33(44)45)31(42)40(27)18-22/h7,9,11,14-15,19-20,22-23,25,27,37H,4-6,8,10,12-13,16-18H2,1-3H3,(H,38,41)(H,39,43)(H,44,45)/b9-7-/t20-,22-,25+,27+,34-/m1/s1. The minimum atomic E-state index is -3.89. The van der Waals surface area contributed by atoms with E-state index in [0.29, 0.717) is 48.2 Å². The molecule has 15 nitrogen and oxygen atoms in total. The number of nitrogens with zero attached hydrogens (tertiary/aromatic N) is 3. The second-order valence-corrected chi connectivity index (χ2v) is 15.9. The smallest absolute Gasteiger partial charge is 0.405 e. The maximum Gasteiger partial charge on any atom is 0.405 e. The van der Waals surface area contributed by atoms with E-state index in [0.717, 1.165) is 12.8 Å². The Hall–Kier alpha value is -4.47. The molecule has 1 aromatic heterocycles. The summed E-state index contributed by atoms with van der Waals surface area (Å²) in [4.78, 5) is 64.4. The van der Waals surface area contributed by atoms with Gasteiger partial charge in [0.25, 0.3) is 5.91 Å². The van der Waals surface area contributed by atoms with Crippen LogP contribution < -0.4 is 24.8 Å². The second kappa shape index (κ2) is 14.0. The predicted octanol–water partition coefficient (Wildman–Crippen LogP) is 2.75. The fourth-order valence-electron chi connectivity index (χ4n) is 6.78. The van der Waals surface area contributed by atoms with Gasteiger partial charge in [-0.1, -0.05) is 38.8 Å². The summed E-state index contributed by atoms with van der Waals surface area (Å²) < 4.78 is 39.4. The molecule has 6 rings (SSSR count). The molecule has 1 aromatic carbocycles. The third-order valence-electron chi connectivity index (χ3n) is 9.83. The number of ether oxygens (including phenoxy) is 2. The number of nitrogens with one attached hydrogen (secondary N) is 3. The zero-order valence-corrected chi connectivity index (χ0v) is 29.2. The molecule has 3 fully saturated rings. The molecule has 0 spiro atoms. The van der Waals surface area contributed by atoms with E-state index in [1.54, 1.807) is 25.3 Å². The van der Waals surface area contributed by atoms with Gasteiger partial charge in [-0.2, -0.15) is 0 Å². The number of hydrogen-bond donors (Lipinski definition) is 4. The van der Waals surface area contributed by atoms with Gasteiger partial charge in [0.2, 0.25) is 27.7 Å². The Balaban J connectivity index is 1.32. The number of carboxylic acid groups (broad SMARTS) is 1. The number of amides is 4. The van der Waals surface area contributed by atoms with E-state index in [-0.39, 0.29) is 37.6 Å². The van der Waals surface area contributed by atoms with Crippen LogP contribution in [0.3, 0.4) is 0 Å². The molecule has 270 valence electrons. The first kappa shape index (κ1) is 35.4. The van der Waals surface area contributed by atoms with Crippen LogP contribution in [0.2, 0.25) is 0 Å². The highest BCUT2D eigenvalue weighted by molar-refractivity contribution is 7.91. The van der Waals surface area contributed by atoms with Crippen molar-refractivity contribution in [1.29, 1.82) is 0 Å². The van der Waals surface area contributed by atoms with E-state index < -0.39 is 68.7 Å². The molecule has 0 unspecified atom stereocenters. The third kappa shape index (κ3) is 7.49. The van der Waals surface area contributed by atoms with Gasteiger partial charge in [-0.3, -0.25) is 19.1 Å². The van der Waals surface area contributed by atoms with Gasteiger partial charge < -0.3 is 30.1 Å². The minimum absolute atomic E-state index is 0.00526. The summed E-state index contributed by atoms with van der Waals surface area (Å²) in [6, 6.07) is 3.04. The lowest BCUT2D eigenvalue weighted by Gasteiger charge is -2.29. The van der Waals surface area contributed by atoms with E-state index in [4.69, 9.17) is 19.4 Å². The Morgan fingerprint density at radius 1 is 1.10 bits per heavy atom. The Labute approximate surface area is 290 Å². The van der Waals surface area contributed by atoms with Gasteiger partial charge in [-0.05, 0) is 50.7 Å². The lowest BCUT2D eigenvalue weighted by atomic mass is 10.1. The van der Waals surface area contributed by atoms with Crippen molar-refractivity contribution < 1.29 is 42.2 Å². The fraction of sp³-hybridized carbons (Fsp3) is 0.588. The van der Waals surface area contributed by atoms with Crippen LogP contribution in [0.15, 0.2) is 30.4 Å². The first-order valence-corrected chi connectivity index (χ1v) is 18.7. The van der Waals surface area contributed by atoms with E-state index in [1.165, 1.54) is 4.90 Å². The van der Waals surface area contributed by atoms with Gasteiger partial charge in [0.15, 0.2) is 0 Å². The van der Waals surface area contributed by atoms with Crippen LogP contribution in [0.25, 0.3) is 11.0 Å². The lowest BCUT2D eigenvalue weighted by Crippen LogP contribution is -2.58. The summed E-state index contributed by atoms with van der Waals surface area (Å²) in [6.45, 7) is 3.82. The summed E-state index contributed by atoms with van der Waals surface area (Å²) in [6.07, 6.45) is 5.72. The number of methoxy groups -OCH3 is 1. The first-order valence-electron chi connectivity index (χ1n) is 17.2. The zero-order valence-electron chi connectivity index (χ0n) is 28.4. The van der Waals surface area contributed by atoms with Crippen molar-refractivity contribution in [2.24, 2.45) is 5.92 Å². The van der Waals surface area contributed by atoms with Crippen molar-refractivity contribution in [2.75, 3.05) is 13.7 Å². The van der Waals surface area contributed by atoms with Crippen molar-refractivity contribution in [1.82, 2.24) is 30.2 Å². The molecule has 2 aliphatic heterocycles. The molecule has 3 heterocycles. The molecule has 0 bridgehead atoms. The van der Waals surface area contributed by atoms with Crippen LogP contribution >= 0.6 is 0 Å². The van der Waals surface area contributed by atoms with Crippen molar-refractivity contribution >= 4 is 44.9 Å². The quantitative estimate of drug-likeness (QED) is 0.293. The highest BCUT2D eigenvalue weighted by atomic mass is 32.2. The van der Waals surface area contributed by atoms with Crippen molar-refractivity contribution in [3.8, 4) is 11.6 Å². The molecular weight excluding hydrogens is 668 g/mol. The number of carbonyl (C=O) groups excluding carboxylic acids is 3. The Kier molecular flexibility index (Phi) is 9.93. The third-order valence-corrected chi connectivity index (χ3v) is 11.6. The number of aromatic nitrogens is 2. The fourth-order valence-corrected chi connectivity index (χ4v) is 8.14. The van der Waals surface area contributed by atoms with Crippen molar-refractivity contribution in [2.45, 2.75) is 107 Å². The van der Waals surface area contributed by atoms with Crippen LogP contribution in [-0.2, 0) is 24.4 Å². The van der Waals surface area contributed by atoms with Crippen LogP contribution in [0.4, 0.5) is 4.79 Å². The maximum atomic E-state index is 14.2. The minimum Gasteiger partial charge on any atom is -0.497 e.